The fourth-order valence-electron chi connectivity index (χ4n) is 1.80. The monoisotopic (exact) mass is 294 g/mol. The second-order valence-electron chi connectivity index (χ2n) is 5.29. The van der Waals surface area contributed by atoms with Crippen LogP contribution in [0.15, 0.2) is 24.3 Å². The van der Waals surface area contributed by atoms with E-state index in [0.717, 1.165) is 12.2 Å². The van der Waals surface area contributed by atoms with Crippen LogP contribution >= 0.6 is 0 Å². The summed E-state index contributed by atoms with van der Waals surface area (Å²) in [7, 11) is 0. The van der Waals surface area contributed by atoms with E-state index in [2.05, 4.69) is 19.2 Å². The maximum absolute atomic E-state index is 12.0. The standard InChI is InChI=1S/C16H26N2O3/c1-4-18(9-10-19)16(20)17-14-6-5-7-15(12-14)21-11-8-13(2)3/h5-7,12-13,19H,4,8-11H2,1-3H3,(H,17,20). The quantitative estimate of drug-likeness (QED) is 0.775. The van der Waals surface area contributed by atoms with Crippen LogP contribution in [0.5, 0.6) is 5.75 Å². The van der Waals surface area contributed by atoms with Crippen LogP contribution in [0, 0.1) is 5.92 Å². The minimum Gasteiger partial charge on any atom is -0.494 e. The predicted octanol–water partition coefficient (Wildman–Crippen LogP) is 2.96. The van der Waals surface area contributed by atoms with Crippen molar-refractivity contribution in [2.75, 3.05) is 31.6 Å². The largest absolute Gasteiger partial charge is 0.494 e. The van der Waals surface area contributed by atoms with Gasteiger partial charge in [-0.3, -0.25) is 0 Å². The molecular formula is C16H26N2O3. The second-order valence-corrected chi connectivity index (χ2v) is 5.29. The number of nitrogens with one attached hydrogen (secondary N) is 1. The summed E-state index contributed by atoms with van der Waals surface area (Å²) in [6.45, 7) is 7.69. The Morgan fingerprint density at radius 2 is 2.19 bits per heavy atom. The van der Waals surface area contributed by atoms with Crippen molar-refractivity contribution in [2.45, 2.75) is 27.2 Å². The van der Waals surface area contributed by atoms with E-state index in [-0.39, 0.29) is 12.6 Å². The molecule has 0 fully saturated rings. The molecule has 0 heterocycles. The lowest BCUT2D eigenvalue weighted by Gasteiger charge is -2.20. The van der Waals surface area contributed by atoms with Crippen LogP contribution in [-0.4, -0.2) is 42.3 Å². The Labute approximate surface area is 126 Å². The van der Waals surface area contributed by atoms with Gasteiger partial charge in [-0.25, -0.2) is 4.79 Å². The molecule has 0 bridgehead atoms. The zero-order valence-electron chi connectivity index (χ0n) is 13.1. The fraction of sp³-hybridized carbons (Fsp3) is 0.562. The van der Waals surface area contributed by atoms with Gasteiger partial charge in [0.05, 0.1) is 13.2 Å². The number of anilines is 1. The molecule has 1 rings (SSSR count). The first-order valence-corrected chi connectivity index (χ1v) is 7.46. The van der Waals surface area contributed by atoms with Crippen molar-refractivity contribution in [1.82, 2.24) is 4.90 Å². The second kappa shape index (κ2) is 9.23. The van der Waals surface area contributed by atoms with Gasteiger partial charge in [0.1, 0.15) is 5.75 Å². The van der Waals surface area contributed by atoms with Crippen molar-refractivity contribution in [3.8, 4) is 5.75 Å². The summed E-state index contributed by atoms with van der Waals surface area (Å²) in [4.78, 5) is 13.6. The average Bonchev–Trinajstić information content (AvgIpc) is 2.44. The SMILES string of the molecule is CCN(CCO)C(=O)Nc1cccc(OCCC(C)C)c1. The molecule has 21 heavy (non-hydrogen) atoms. The van der Waals surface area contributed by atoms with Crippen LogP contribution in [0.3, 0.4) is 0 Å². The smallest absolute Gasteiger partial charge is 0.321 e. The Morgan fingerprint density at radius 1 is 1.43 bits per heavy atom. The Hall–Kier alpha value is -1.75. The van der Waals surface area contributed by atoms with Crippen LogP contribution < -0.4 is 10.1 Å². The van der Waals surface area contributed by atoms with Gasteiger partial charge in [-0.05, 0) is 31.4 Å². The van der Waals surface area contributed by atoms with Crippen LogP contribution in [-0.2, 0) is 0 Å². The number of aliphatic hydroxyl groups excluding tert-OH is 1. The third kappa shape index (κ3) is 6.49. The van der Waals surface area contributed by atoms with E-state index in [1.54, 1.807) is 4.90 Å². The number of amides is 2. The van der Waals surface area contributed by atoms with Gasteiger partial charge < -0.3 is 20.1 Å². The molecule has 118 valence electrons. The average molecular weight is 294 g/mol. The van der Waals surface area contributed by atoms with Gasteiger partial charge in [-0.2, -0.15) is 0 Å². The summed E-state index contributed by atoms with van der Waals surface area (Å²) < 4.78 is 5.67. The lowest BCUT2D eigenvalue weighted by atomic mass is 10.1. The number of likely N-dealkylation sites (N-methyl/N-ethyl adjacent to an activating group) is 1. The molecular weight excluding hydrogens is 268 g/mol. The first-order valence-electron chi connectivity index (χ1n) is 7.46. The Bertz CT molecular complexity index is 435. The van der Waals surface area contributed by atoms with Crippen LogP contribution in [0.25, 0.3) is 0 Å². The van der Waals surface area contributed by atoms with Crippen molar-refractivity contribution in [2.24, 2.45) is 5.92 Å². The zero-order chi connectivity index (χ0) is 15.7. The molecule has 2 N–H and O–H groups in total. The summed E-state index contributed by atoms with van der Waals surface area (Å²) >= 11 is 0. The molecule has 0 unspecified atom stereocenters. The van der Waals surface area contributed by atoms with E-state index in [0.29, 0.717) is 31.3 Å². The predicted molar refractivity (Wildman–Crippen MR) is 84.7 cm³/mol. The molecule has 5 heteroatoms. The van der Waals surface area contributed by atoms with E-state index < -0.39 is 0 Å². The highest BCUT2D eigenvalue weighted by atomic mass is 16.5. The van der Waals surface area contributed by atoms with E-state index in [4.69, 9.17) is 9.84 Å². The molecule has 0 aliphatic rings. The first kappa shape index (κ1) is 17.3. The molecule has 0 aliphatic carbocycles. The normalized spacial score (nSPS) is 10.5. The van der Waals surface area contributed by atoms with E-state index >= 15 is 0 Å². The summed E-state index contributed by atoms with van der Waals surface area (Å²) in [6.07, 6.45) is 0.997. The molecule has 0 saturated heterocycles. The van der Waals surface area contributed by atoms with Crippen molar-refractivity contribution in [3.05, 3.63) is 24.3 Å². The maximum Gasteiger partial charge on any atom is 0.321 e. The summed E-state index contributed by atoms with van der Waals surface area (Å²) in [5.41, 5.74) is 0.693. The number of nitrogens with zero attached hydrogens (tertiary/aromatic N) is 1. The van der Waals surface area contributed by atoms with Gasteiger partial charge in [-0.1, -0.05) is 19.9 Å². The summed E-state index contributed by atoms with van der Waals surface area (Å²) in [5, 5.41) is 11.7. The molecule has 5 nitrogen and oxygen atoms in total. The molecule has 0 aliphatic heterocycles. The van der Waals surface area contributed by atoms with Gasteiger partial charge in [-0.15, -0.1) is 0 Å². The summed E-state index contributed by atoms with van der Waals surface area (Å²) in [5.74, 6) is 1.35. The number of hydrogen-bond donors (Lipinski definition) is 2. The molecule has 0 radical (unpaired) electrons. The molecule has 0 saturated carbocycles. The Balaban J connectivity index is 2.57. The molecule has 0 spiro atoms. The van der Waals surface area contributed by atoms with Crippen molar-refractivity contribution in [3.63, 3.8) is 0 Å². The van der Waals surface area contributed by atoms with Gasteiger partial charge in [0.25, 0.3) is 0 Å². The Morgan fingerprint density at radius 3 is 2.81 bits per heavy atom. The Kier molecular flexibility index (Phi) is 7.61. The highest BCUT2D eigenvalue weighted by Gasteiger charge is 2.11. The first-order chi connectivity index (χ1) is 10.1. The van der Waals surface area contributed by atoms with E-state index in [1.165, 1.54) is 0 Å². The van der Waals surface area contributed by atoms with Crippen LogP contribution in [0.2, 0.25) is 0 Å². The minimum absolute atomic E-state index is 0.0421. The number of ether oxygens (including phenoxy) is 1. The lowest BCUT2D eigenvalue weighted by Crippen LogP contribution is -2.36. The van der Waals surface area contributed by atoms with E-state index in [1.807, 2.05) is 31.2 Å². The third-order valence-electron chi connectivity index (χ3n) is 3.09. The van der Waals surface area contributed by atoms with Crippen molar-refractivity contribution < 1.29 is 14.6 Å². The van der Waals surface area contributed by atoms with Crippen molar-refractivity contribution >= 4 is 11.7 Å². The number of benzene rings is 1. The van der Waals surface area contributed by atoms with Gasteiger partial charge in [0.2, 0.25) is 0 Å². The number of aliphatic hydroxyl groups is 1. The van der Waals surface area contributed by atoms with Gasteiger partial charge in [0.15, 0.2) is 0 Å². The van der Waals surface area contributed by atoms with Crippen LogP contribution in [0.1, 0.15) is 27.2 Å². The number of rotatable bonds is 8. The molecule has 0 aromatic heterocycles. The molecule has 1 aromatic carbocycles. The lowest BCUT2D eigenvalue weighted by molar-refractivity contribution is 0.192. The number of carbonyl (C=O) groups excluding carboxylic acids is 1. The third-order valence-corrected chi connectivity index (χ3v) is 3.09. The molecule has 2 amide bonds. The van der Waals surface area contributed by atoms with Gasteiger partial charge >= 0.3 is 6.03 Å². The molecule has 1 aromatic rings. The van der Waals surface area contributed by atoms with E-state index in [9.17, 15) is 4.79 Å². The minimum atomic E-state index is -0.217. The van der Waals surface area contributed by atoms with Gasteiger partial charge in [0, 0.05) is 24.8 Å². The van der Waals surface area contributed by atoms with Crippen LogP contribution in [0.4, 0.5) is 10.5 Å². The summed E-state index contributed by atoms with van der Waals surface area (Å²) in [6, 6.07) is 7.14. The topological polar surface area (TPSA) is 61.8 Å². The fourth-order valence-corrected chi connectivity index (χ4v) is 1.80. The molecule has 0 atom stereocenters. The highest BCUT2D eigenvalue weighted by Crippen LogP contribution is 2.18. The van der Waals surface area contributed by atoms with Crippen molar-refractivity contribution in [1.29, 1.82) is 0 Å². The zero-order valence-corrected chi connectivity index (χ0v) is 13.1. The number of hydrogen-bond acceptors (Lipinski definition) is 3. The number of urea groups is 1. The number of carbonyl (C=O) groups is 1. The highest BCUT2D eigenvalue weighted by molar-refractivity contribution is 5.89. The maximum atomic E-state index is 12.0.